The highest BCUT2D eigenvalue weighted by molar-refractivity contribution is 14.1. The zero-order valence-electron chi connectivity index (χ0n) is 20.7. The maximum atomic E-state index is 13.8. The summed E-state index contributed by atoms with van der Waals surface area (Å²) in [5, 5.41) is 2.92. The molecule has 1 aliphatic heterocycles. The molecule has 4 rings (SSSR count). The first kappa shape index (κ1) is 27.9. The summed E-state index contributed by atoms with van der Waals surface area (Å²) in [6, 6.07) is 18.4. The molecule has 0 aromatic heterocycles. The van der Waals surface area contributed by atoms with Crippen molar-refractivity contribution in [2.45, 2.75) is 32.8 Å². The number of amides is 2. The number of aryl methyl sites for hydroxylation is 2. The Morgan fingerprint density at radius 2 is 1.81 bits per heavy atom. The lowest BCUT2D eigenvalue weighted by molar-refractivity contribution is 0.0985. The second-order valence-corrected chi connectivity index (χ2v) is 13.1. The second kappa shape index (κ2) is 11.7. The highest BCUT2D eigenvalue weighted by atomic mass is 127. The van der Waals surface area contributed by atoms with E-state index < -0.39 is 12.9 Å². The maximum Gasteiger partial charge on any atom is 0.386 e. The number of rotatable bonds is 6. The van der Waals surface area contributed by atoms with Gasteiger partial charge in [0.1, 0.15) is 0 Å². The van der Waals surface area contributed by atoms with Crippen molar-refractivity contribution in [1.29, 1.82) is 0 Å². The van der Waals surface area contributed by atoms with Crippen LogP contribution in [0.2, 0.25) is 0 Å². The number of hydrogen-bond acceptors (Lipinski definition) is 5. The minimum Gasteiger partial charge on any atom is -0.322 e. The van der Waals surface area contributed by atoms with Gasteiger partial charge in [-0.15, -0.1) is 0 Å². The fourth-order valence-corrected chi connectivity index (χ4v) is 5.90. The van der Waals surface area contributed by atoms with E-state index in [4.69, 9.17) is 9.05 Å². The van der Waals surface area contributed by atoms with Crippen molar-refractivity contribution >= 4 is 64.8 Å². The van der Waals surface area contributed by atoms with E-state index in [-0.39, 0.29) is 11.8 Å². The number of thiol groups is 1. The molecular formula is C27H28IN2O5PS. The van der Waals surface area contributed by atoms with E-state index >= 15 is 0 Å². The Balaban J connectivity index is 1.61. The Kier molecular flexibility index (Phi) is 8.81. The van der Waals surface area contributed by atoms with Gasteiger partial charge in [-0.25, -0.2) is 4.57 Å². The molecule has 0 aliphatic carbocycles. The normalized spacial score (nSPS) is 16.9. The van der Waals surface area contributed by atoms with Crippen molar-refractivity contribution in [2.24, 2.45) is 0 Å². The summed E-state index contributed by atoms with van der Waals surface area (Å²) in [5.74, 6) is -0.352. The maximum absolute atomic E-state index is 13.8. The van der Waals surface area contributed by atoms with Gasteiger partial charge in [-0.1, -0.05) is 30.4 Å². The quantitative estimate of drug-likeness (QED) is 0.166. The van der Waals surface area contributed by atoms with Crippen LogP contribution < -0.4 is 10.2 Å². The molecule has 3 aromatic rings. The van der Waals surface area contributed by atoms with E-state index in [9.17, 15) is 14.2 Å². The summed E-state index contributed by atoms with van der Waals surface area (Å²) in [6.45, 7) is 0.686. The van der Waals surface area contributed by atoms with E-state index in [1.165, 1.54) is 7.11 Å². The van der Waals surface area contributed by atoms with Crippen molar-refractivity contribution in [2.75, 3.05) is 23.9 Å². The van der Waals surface area contributed by atoms with Crippen LogP contribution in [-0.2, 0) is 13.6 Å². The summed E-state index contributed by atoms with van der Waals surface area (Å²) in [6.07, 6.45) is 0.682. The number of nitrogens with one attached hydrogen (secondary N) is 1. The zero-order chi connectivity index (χ0) is 26.7. The number of carbonyl (C=O) groups excluding carboxylic acids is 2. The third-order valence-electron chi connectivity index (χ3n) is 6.32. The van der Waals surface area contributed by atoms with Crippen LogP contribution in [0.1, 0.15) is 56.4 Å². The molecule has 7 nitrogen and oxygen atoms in total. The number of nitrogens with zero attached hydrogens (tertiary/aromatic N) is 1. The van der Waals surface area contributed by atoms with Gasteiger partial charge in [-0.2, -0.15) is 0 Å². The van der Waals surface area contributed by atoms with Gasteiger partial charge in [0.05, 0.1) is 6.10 Å². The molecule has 10 heteroatoms. The Bertz CT molecular complexity index is 1400. The SMILES string of the molecule is COP(=O)(S)OC1CCCN(C(=O)c2ccc(NC(=O)c3ccccc3C)cc2C)c2ccc(I)cc21. The zero-order valence-corrected chi connectivity index (χ0v) is 24.7. The Hall–Kier alpha value is -2.17. The van der Waals surface area contributed by atoms with Gasteiger partial charge in [-0.3, -0.25) is 14.1 Å². The van der Waals surface area contributed by atoms with Gasteiger partial charge in [0.2, 0.25) is 0 Å². The van der Waals surface area contributed by atoms with Crippen LogP contribution >= 0.6 is 41.6 Å². The first-order chi connectivity index (χ1) is 17.6. The Morgan fingerprint density at radius 1 is 1.05 bits per heavy atom. The standard InChI is InChI=1S/C27H28IN2O5PS/c1-17-7-4-5-8-21(17)26(31)29-20-11-12-22(18(2)15-20)27(32)30-14-6-9-25(35-36(33,37)34-3)23-16-19(28)10-13-24(23)30/h4-5,7-8,10-13,15-16,25H,6,9,14H2,1-3H3,(H,29,31)(H,33,37). The van der Waals surface area contributed by atoms with Crippen molar-refractivity contribution < 1.29 is 23.2 Å². The van der Waals surface area contributed by atoms with Gasteiger partial charge in [0, 0.05) is 45.3 Å². The van der Waals surface area contributed by atoms with Crippen LogP contribution in [0, 0.1) is 17.4 Å². The summed E-state index contributed by atoms with van der Waals surface area (Å²) < 4.78 is 24.1. The minimum atomic E-state index is -3.53. The molecule has 1 heterocycles. The molecule has 1 aliphatic rings. The van der Waals surface area contributed by atoms with E-state index in [0.29, 0.717) is 41.9 Å². The lowest BCUT2D eigenvalue weighted by Crippen LogP contribution is -2.32. The highest BCUT2D eigenvalue weighted by Crippen LogP contribution is 2.57. The molecule has 3 aromatic carbocycles. The summed E-state index contributed by atoms with van der Waals surface area (Å²) in [4.78, 5) is 28.2. The molecule has 0 bridgehead atoms. The third-order valence-corrected chi connectivity index (χ3v) is 8.74. The average Bonchev–Trinajstić information content (AvgIpc) is 3.03. The first-order valence-corrected chi connectivity index (χ1v) is 15.5. The largest absolute Gasteiger partial charge is 0.386 e. The van der Waals surface area contributed by atoms with E-state index in [2.05, 4.69) is 40.2 Å². The van der Waals surface area contributed by atoms with Crippen molar-refractivity contribution in [3.8, 4) is 0 Å². The van der Waals surface area contributed by atoms with Gasteiger partial charge in [-0.05, 0) is 103 Å². The van der Waals surface area contributed by atoms with Crippen LogP contribution in [0.4, 0.5) is 11.4 Å². The van der Waals surface area contributed by atoms with Gasteiger partial charge >= 0.3 is 6.80 Å². The number of benzene rings is 3. The predicted octanol–water partition coefficient (Wildman–Crippen LogP) is 7.34. The molecule has 2 atom stereocenters. The van der Waals surface area contributed by atoms with Gasteiger partial charge < -0.3 is 14.7 Å². The summed E-state index contributed by atoms with van der Waals surface area (Å²) in [7, 11) is 1.30. The van der Waals surface area contributed by atoms with Crippen molar-refractivity contribution in [1.82, 2.24) is 0 Å². The molecule has 2 unspecified atom stereocenters. The fraction of sp³-hybridized carbons (Fsp3) is 0.259. The molecule has 37 heavy (non-hydrogen) atoms. The lowest BCUT2D eigenvalue weighted by Gasteiger charge is -2.26. The summed E-state index contributed by atoms with van der Waals surface area (Å²) >= 11 is 6.25. The number of carbonyl (C=O) groups is 2. The Labute approximate surface area is 235 Å². The van der Waals surface area contributed by atoms with Gasteiger partial charge in [0.25, 0.3) is 11.8 Å². The average molecular weight is 650 g/mol. The van der Waals surface area contributed by atoms with Crippen molar-refractivity contribution in [3.63, 3.8) is 0 Å². The molecule has 0 fully saturated rings. The summed E-state index contributed by atoms with van der Waals surface area (Å²) in [5.41, 5.74) is 4.86. The van der Waals surface area contributed by atoms with Crippen molar-refractivity contribution in [3.05, 3.63) is 92.1 Å². The van der Waals surface area contributed by atoms with E-state index in [1.54, 1.807) is 29.2 Å². The molecule has 1 N–H and O–H groups in total. The number of hydrogen-bond donors (Lipinski definition) is 2. The first-order valence-electron chi connectivity index (χ1n) is 11.8. The number of fused-ring (bicyclic) bond motifs is 1. The fourth-order valence-electron chi connectivity index (χ4n) is 4.42. The second-order valence-electron chi connectivity index (χ2n) is 8.85. The van der Waals surface area contributed by atoms with Gasteiger partial charge in [0.15, 0.2) is 0 Å². The topological polar surface area (TPSA) is 84.9 Å². The minimum absolute atomic E-state index is 0.154. The van der Waals surface area contributed by atoms with Crippen LogP contribution in [0.15, 0.2) is 60.7 Å². The van der Waals surface area contributed by atoms with Crippen LogP contribution in [0.5, 0.6) is 0 Å². The monoisotopic (exact) mass is 650 g/mol. The van der Waals surface area contributed by atoms with Crippen LogP contribution in [0.3, 0.4) is 0 Å². The molecular weight excluding hydrogens is 622 g/mol. The van der Waals surface area contributed by atoms with E-state index in [1.807, 2.05) is 50.2 Å². The van der Waals surface area contributed by atoms with Crippen LogP contribution in [-0.4, -0.2) is 25.5 Å². The lowest BCUT2D eigenvalue weighted by atomic mass is 10.0. The molecule has 2 amide bonds. The molecule has 0 saturated carbocycles. The molecule has 0 radical (unpaired) electrons. The predicted molar refractivity (Wildman–Crippen MR) is 158 cm³/mol. The third kappa shape index (κ3) is 6.46. The van der Waals surface area contributed by atoms with E-state index in [0.717, 1.165) is 20.3 Å². The smallest absolute Gasteiger partial charge is 0.322 e. The molecule has 194 valence electrons. The number of anilines is 2. The van der Waals surface area contributed by atoms with Crippen LogP contribution in [0.25, 0.3) is 0 Å². The molecule has 0 saturated heterocycles. The number of halogens is 1. The Morgan fingerprint density at radius 3 is 2.51 bits per heavy atom. The molecule has 0 spiro atoms. The highest BCUT2D eigenvalue weighted by Gasteiger charge is 2.32.